The Morgan fingerprint density at radius 3 is 2.75 bits per heavy atom. The molecule has 1 rings (SSSR count). The van der Waals surface area contributed by atoms with Gasteiger partial charge in [-0.05, 0) is 31.8 Å². The van der Waals surface area contributed by atoms with E-state index in [1.807, 2.05) is 11.8 Å². The van der Waals surface area contributed by atoms with Crippen molar-refractivity contribution >= 4 is 11.8 Å². The lowest BCUT2D eigenvalue weighted by Gasteiger charge is -2.27. The summed E-state index contributed by atoms with van der Waals surface area (Å²) in [4.78, 5) is 0. The van der Waals surface area contributed by atoms with Crippen LogP contribution in [-0.2, 0) is 4.74 Å². The molecule has 1 heterocycles. The van der Waals surface area contributed by atoms with Crippen molar-refractivity contribution < 1.29 is 4.74 Å². The van der Waals surface area contributed by atoms with Crippen LogP contribution in [0.3, 0.4) is 0 Å². The fourth-order valence-electron chi connectivity index (χ4n) is 1.63. The largest absolute Gasteiger partial charge is 0.374 e. The van der Waals surface area contributed by atoms with Gasteiger partial charge in [0.25, 0.3) is 0 Å². The summed E-state index contributed by atoms with van der Waals surface area (Å²) in [6.45, 7) is 4.71. The third kappa shape index (κ3) is 3.33. The zero-order chi connectivity index (χ0) is 8.81. The van der Waals surface area contributed by atoms with Gasteiger partial charge in [-0.15, -0.1) is 11.8 Å². The van der Waals surface area contributed by atoms with E-state index in [0.717, 1.165) is 17.1 Å². The van der Waals surface area contributed by atoms with Gasteiger partial charge in [0.15, 0.2) is 0 Å². The summed E-state index contributed by atoms with van der Waals surface area (Å²) < 4.78 is 5.05. The van der Waals surface area contributed by atoms with E-state index in [9.17, 15) is 0 Å². The molecule has 1 saturated heterocycles. The minimum absolute atomic E-state index is 0.757. The highest BCUT2D eigenvalue weighted by atomic mass is 32.2. The molecular formula is C9H19NOS. The standard InChI is InChI=1S/C9H19NOS/c1-8(12-7-11-2)9-3-5-10-6-4-9/h8-10H,3-7H2,1-2H3. The van der Waals surface area contributed by atoms with Gasteiger partial charge in [0.2, 0.25) is 0 Å². The number of hydrogen-bond donors (Lipinski definition) is 1. The fourth-order valence-corrected chi connectivity index (χ4v) is 2.52. The molecule has 12 heavy (non-hydrogen) atoms. The van der Waals surface area contributed by atoms with E-state index >= 15 is 0 Å². The Balaban J connectivity index is 2.15. The van der Waals surface area contributed by atoms with E-state index < -0.39 is 0 Å². The van der Waals surface area contributed by atoms with Crippen LogP contribution in [0.15, 0.2) is 0 Å². The number of methoxy groups -OCH3 is 1. The Bertz CT molecular complexity index is 115. The molecule has 1 fully saturated rings. The Kier molecular flexibility index (Phi) is 5.04. The lowest BCUT2D eigenvalue weighted by molar-refractivity contribution is 0.257. The second-order valence-corrected chi connectivity index (χ2v) is 4.68. The highest BCUT2D eigenvalue weighted by molar-refractivity contribution is 7.99. The number of nitrogens with one attached hydrogen (secondary N) is 1. The molecule has 72 valence electrons. The van der Waals surface area contributed by atoms with E-state index in [0.29, 0.717) is 0 Å². The quantitative estimate of drug-likeness (QED) is 0.680. The first-order chi connectivity index (χ1) is 5.84. The fraction of sp³-hybridized carbons (Fsp3) is 1.00. The molecule has 1 aliphatic rings. The van der Waals surface area contributed by atoms with Crippen molar-refractivity contribution in [2.24, 2.45) is 5.92 Å². The predicted molar refractivity (Wildman–Crippen MR) is 54.5 cm³/mol. The van der Waals surface area contributed by atoms with Crippen LogP contribution in [0.1, 0.15) is 19.8 Å². The highest BCUT2D eigenvalue weighted by Gasteiger charge is 2.19. The van der Waals surface area contributed by atoms with Crippen molar-refractivity contribution in [1.82, 2.24) is 5.32 Å². The minimum Gasteiger partial charge on any atom is -0.374 e. The molecule has 0 saturated carbocycles. The van der Waals surface area contributed by atoms with E-state index in [4.69, 9.17) is 4.74 Å². The van der Waals surface area contributed by atoms with Crippen LogP contribution in [0.2, 0.25) is 0 Å². The van der Waals surface area contributed by atoms with Gasteiger partial charge in [-0.25, -0.2) is 0 Å². The first-order valence-electron chi connectivity index (χ1n) is 4.66. The predicted octanol–water partition coefficient (Wildman–Crippen LogP) is 1.71. The van der Waals surface area contributed by atoms with Crippen LogP contribution in [0.5, 0.6) is 0 Å². The van der Waals surface area contributed by atoms with Crippen LogP contribution in [-0.4, -0.2) is 31.4 Å². The first kappa shape index (κ1) is 10.4. The molecule has 0 aromatic carbocycles. The molecule has 0 radical (unpaired) electrons. The molecule has 0 aromatic rings. The number of thioether (sulfide) groups is 1. The summed E-state index contributed by atoms with van der Waals surface area (Å²) in [6, 6.07) is 0. The number of ether oxygens (including phenoxy) is 1. The van der Waals surface area contributed by atoms with Crippen LogP contribution in [0, 0.1) is 5.92 Å². The maximum atomic E-state index is 5.05. The average Bonchev–Trinajstić information content (AvgIpc) is 2.15. The van der Waals surface area contributed by atoms with Gasteiger partial charge in [0.1, 0.15) is 0 Å². The molecule has 0 aliphatic carbocycles. The molecule has 1 aliphatic heterocycles. The topological polar surface area (TPSA) is 21.3 Å². The van der Waals surface area contributed by atoms with Crippen molar-refractivity contribution in [1.29, 1.82) is 0 Å². The summed E-state index contributed by atoms with van der Waals surface area (Å²) in [7, 11) is 1.77. The van der Waals surface area contributed by atoms with Crippen molar-refractivity contribution in [3.63, 3.8) is 0 Å². The lowest BCUT2D eigenvalue weighted by Crippen LogP contribution is -2.31. The minimum atomic E-state index is 0.757. The summed E-state index contributed by atoms with van der Waals surface area (Å²) in [5, 5.41) is 4.14. The smallest absolute Gasteiger partial charge is 0.0919 e. The maximum absolute atomic E-state index is 5.05. The summed E-state index contributed by atoms with van der Waals surface area (Å²) in [6.07, 6.45) is 2.66. The van der Waals surface area contributed by atoms with Gasteiger partial charge in [0.05, 0.1) is 5.94 Å². The van der Waals surface area contributed by atoms with E-state index in [-0.39, 0.29) is 0 Å². The monoisotopic (exact) mass is 189 g/mol. The van der Waals surface area contributed by atoms with Crippen molar-refractivity contribution in [2.45, 2.75) is 25.0 Å². The molecule has 1 atom stereocenters. The zero-order valence-electron chi connectivity index (χ0n) is 8.01. The second kappa shape index (κ2) is 5.84. The van der Waals surface area contributed by atoms with Crippen LogP contribution in [0.25, 0.3) is 0 Å². The van der Waals surface area contributed by atoms with Gasteiger partial charge >= 0.3 is 0 Å². The molecule has 0 spiro atoms. The Hall–Kier alpha value is 0.270. The number of piperidine rings is 1. The third-order valence-corrected chi connectivity index (χ3v) is 3.78. The first-order valence-corrected chi connectivity index (χ1v) is 5.70. The summed E-state index contributed by atoms with van der Waals surface area (Å²) >= 11 is 1.93. The van der Waals surface area contributed by atoms with Crippen molar-refractivity contribution in [2.75, 3.05) is 26.1 Å². The van der Waals surface area contributed by atoms with Crippen LogP contribution < -0.4 is 5.32 Å². The molecular weight excluding hydrogens is 170 g/mol. The second-order valence-electron chi connectivity index (χ2n) is 3.37. The summed E-state index contributed by atoms with van der Waals surface area (Å²) in [5.41, 5.74) is 0. The molecule has 0 amide bonds. The molecule has 3 heteroatoms. The van der Waals surface area contributed by atoms with Gasteiger partial charge in [0, 0.05) is 12.4 Å². The van der Waals surface area contributed by atoms with Gasteiger partial charge < -0.3 is 10.1 Å². The van der Waals surface area contributed by atoms with Crippen LogP contribution >= 0.6 is 11.8 Å². The zero-order valence-corrected chi connectivity index (χ0v) is 8.82. The average molecular weight is 189 g/mol. The lowest BCUT2D eigenvalue weighted by atomic mass is 9.95. The third-order valence-electron chi connectivity index (χ3n) is 2.50. The Morgan fingerprint density at radius 2 is 2.17 bits per heavy atom. The summed E-state index contributed by atoms with van der Waals surface area (Å²) in [5.74, 6) is 1.73. The highest BCUT2D eigenvalue weighted by Crippen LogP contribution is 2.25. The van der Waals surface area contributed by atoms with Gasteiger partial charge in [-0.2, -0.15) is 0 Å². The number of rotatable bonds is 4. The van der Waals surface area contributed by atoms with E-state index in [1.165, 1.54) is 25.9 Å². The molecule has 0 aromatic heterocycles. The van der Waals surface area contributed by atoms with E-state index in [1.54, 1.807) is 7.11 Å². The van der Waals surface area contributed by atoms with Crippen molar-refractivity contribution in [3.8, 4) is 0 Å². The van der Waals surface area contributed by atoms with Gasteiger partial charge in [-0.1, -0.05) is 6.92 Å². The Labute approximate surface area is 79.4 Å². The molecule has 1 unspecified atom stereocenters. The maximum Gasteiger partial charge on any atom is 0.0919 e. The molecule has 0 bridgehead atoms. The Morgan fingerprint density at radius 1 is 1.50 bits per heavy atom. The van der Waals surface area contributed by atoms with Gasteiger partial charge in [-0.3, -0.25) is 0 Å². The molecule has 1 N–H and O–H groups in total. The normalized spacial score (nSPS) is 22.5. The van der Waals surface area contributed by atoms with Crippen molar-refractivity contribution in [3.05, 3.63) is 0 Å². The van der Waals surface area contributed by atoms with E-state index in [2.05, 4.69) is 12.2 Å². The number of hydrogen-bond acceptors (Lipinski definition) is 3. The molecule has 2 nitrogen and oxygen atoms in total. The SMILES string of the molecule is COCSC(C)C1CCNCC1. The van der Waals surface area contributed by atoms with Crippen LogP contribution in [0.4, 0.5) is 0 Å².